The molecule has 2 heterocycles. The molecule has 0 saturated carbocycles. The van der Waals surface area contributed by atoms with Crippen molar-refractivity contribution in [2.24, 2.45) is 0 Å². The van der Waals surface area contributed by atoms with E-state index in [0.717, 1.165) is 12.1 Å². The van der Waals surface area contributed by atoms with Crippen LogP contribution in [0.1, 0.15) is 12.2 Å². The molecule has 4 nitrogen and oxygen atoms in total. The maximum atomic E-state index is 13.5. The molecule has 0 bridgehead atoms. The van der Waals surface area contributed by atoms with Crippen LogP contribution in [0.5, 0.6) is 0 Å². The zero-order valence-electron chi connectivity index (χ0n) is 12.1. The van der Waals surface area contributed by atoms with Gasteiger partial charge in [-0.3, -0.25) is 0 Å². The van der Waals surface area contributed by atoms with Crippen LogP contribution < -0.4 is 10.2 Å². The van der Waals surface area contributed by atoms with E-state index < -0.39 is 36.8 Å². The van der Waals surface area contributed by atoms with Gasteiger partial charge in [0.25, 0.3) is 6.43 Å². The minimum atomic E-state index is -4.49. The van der Waals surface area contributed by atoms with Gasteiger partial charge in [0.15, 0.2) is 5.82 Å². The van der Waals surface area contributed by atoms with Crippen molar-refractivity contribution in [3.8, 4) is 0 Å². The first-order valence-electron chi connectivity index (χ1n) is 7.06. The number of halogens is 6. The number of benzene rings is 1. The van der Waals surface area contributed by atoms with Gasteiger partial charge >= 0.3 is 6.18 Å². The average molecular weight is 350 g/mol. The van der Waals surface area contributed by atoms with E-state index in [2.05, 4.69) is 15.3 Å². The first-order chi connectivity index (χ1) is 11.3. The van der Waals surface area contributed by atoms with Crippen molar-refractivity contribution in [2.75, 3.05) is 24.5 Å². The number of alkyl halides is 5. The Bertz CT molecular complexity index is 748. The molecule has 1 aromatic carbocycles. The molecule has 130 valence electrons. The monoisotopic (exact) mass is 350 g/mol. The summed E-state index contributed by atoms with van der Waals surface area (Å²) in [7, 11) is 0. The van der Waals surface area contributed by atoms with Gasteiger partial charge in [0.1, 0.15) is 17.7 Å². The van der Waals surface area contributed by atoms with E-state index in [1.165, 1.54) is 11.0 Å². The van der Waals surface area contributed by atoms with Crippen LogP contribution in [0.25, 0.3) is 10.9 Å². The second kappa shape index (κ2) is 6.08. The first kappa shape index (κ1) is 16.7. The van der Waals surface area contributed by atoms with Crippen molar-refractivity contribution in [2.45, 2.75) is 18.6 Å². The smallest absolute Gasteiger partial charge is 0.353 e. The van der Waals surface area contributed by atoms with Gasteiger partial charge in [0, 0.05) is 25.0 Å². The predicted molar refractivity (Wildman–Crippen MR) is 74.5 cm³/mol. The summed E-state index contributed by atoms with van der Waals surface area (Å²) >= 11 is 0. The van der Waals surface area contributed by atoms with Crippen LogP contribution >= 0.6 is 0 Å². The molecule has 1 saturated heterocycles. The topological polar surface area (TPSA) is 41.1 Å². The van der Waals surface area contributed by atoms with Gasteiger partial charge in [-0.15, -0.1) is 0 Å². The molecule has 0 aliphatic carbocycles. The predicted octanol–water partition coefficient (Wildman–Crippen LogP) is 3.05. The molecule has 0 spiro atoms. The first-order valence-corrected chi connectivity index (χ1v) is 7.06. The third-order valence-electron chi connectivity index (χ3n) is 3.72. The van der Waals surface area contributed by atoms with Gasteiger partial charge in [0.05, 0.1) is 5.52 Å². The fraction of sp³-hybridized carbons (Fsp3) is 0.429. The van der Waals surface area contributed by atoms with Crippen LogP contribution in [-0.2, 0) is 0 Å². The zero-order valence-corrected chi connectivity index (χ0v) is 12.1. The summed E-state index contributed by atoms with van der Waals surface area (Å²) in [6, 6.07) is 1.46. The van der Waals surface area contributed by atoms with Crippen molar-refractivity contribution in [3.63, 3.8) is 0 Å². The molecule has 2 aromatic rings. The second-order valence-corrected chi connectivity index (χ2v) is 5.36. The van der Waals surface area contributed by atoms with Crippen LogP contribution in [0.2, 0.25) is 0 Å². The van der Waals surface area contributed by atoms with Gasteiger partial charge in [-0.1, -0.05) is 0 Å². The van der Waals surface area contributed by atoms with Gasteiger partial charge in [-0.2, -0.15) is 13.2 Å². The van der Waals surface area contributed by atoms with Crippen LogP contribution in [0.3, 0.4) is 0 Å². The second-order valence-electron chi connectivity index (χ2n) is 5.36. The summed E-state index contributed by atoms with van der Waals surface area (Å²) in [5.41, 5.74) is 0.0544. The highest BCUT2D eigenvalue weighted by Crippen LogP contribution is 2.30. The molecule has 24 heavy (non-hydrogen) atoms. The molecule has 1 aliphatic rings. The minimum Gasteiger partial charge on any atom is -0.353 e. The van der Waals surface area contributed by atoms with Crippen LogP contribution in [0.15, 0.2) is 18.2 Å². The van der Waals surface area contributed by atoms with Crippen molar-refractivity contribution in [1.29, 1.82) is 0 Å². The summed E-state index contributed by atoms with van der Waals surface area (Å²) in [5, 5.41) is 2.42. The van der Waals surface area contributed by atoms with Crippen LogP contribution in [-0.4, -0.2) is 41.8 Å². The lowest BCUT2D eigenvalue weighted by Gasteiger charge is -2.35. The van der Waals surface area contributed by atoms with E-state index >= 15 is 0 Å². The lowest BCUT2D eigenvalue weighted by atomic mass is 10.1. The average Bonchev–Trinajstić information content (AvgIpc) is 2.53. The Morgan fingerprint density at radius 3 is 2.62 bits per heavy atom. The Labute approximate surface area is 132 Å². The fourth-order valence-electron chi connectivity index (χ4n) is 2.60. The lowest BCUT2D eigenvalue weighted by molar-refractivity contribution is -0.155. The van der Waals surface area contributed by atoms with Crippen molar-refractivity contribution in [1.82, 2.24) is 15.3 Å². The Kier molecular flexibility index (Phi) is 4.24. The molecule has 1 atom stereocenters. The van der Waals surface area contributed by atoms with Crippen LogP contribution in [0.4, 0.5) is 32.2 Å². The molecular formula is C14H12F6N4. The van der Waals surface area contributed by atoms with Gasteiger partial charge < -0.3 is 10.2 Å². The van der Waals surface area contributed by atoms with E-state index in [1.807, 2.05) is 0 Å². The standard InChI is InChI=1S/C14H12F6N4/c15-7-1-2-9-8(5-7)13(23-12(22-9)11(16)17)24-4-3-21-10(6-24)14(18,19)20/h1-2,5,10-11,21H,3-4,6H2. The highest BCUT2D eigenvalue weighted by atomic mass is 19.4. The molecule has 1 unspecified atom stereocenters. The molecule has 0 radical (unpaired) electrons. The number of aromatic nitrogens is 2. The minimum absolute atomic E-state index is 0.00496. The maximum absolute atomic E-state index is 13.5. The van der Waals surface area contributed by atoms with Crippen molar-refractivity contribution >= 4 is 16.7 Å². The molecule has 1 N–H and O–H groups in total. The van der Waals surface area contributed by atoms with Crippen molar-refractivity contribution < 1.29 is 26.3 Å². The molecule has 10 heteroatoms. The molecule has 1 fully saturated rings. The van der Waals surface area contributed by atoms with E-state index in [1.54, 1.807) is 0 Å². The van der Waals surface area contributed by atoms with Crippen molar-refractivity contribution in [3.05, 3.63) is 29.8 Å². The van der Waals surface area contributed by atoms with Gasteiger partial charge in [-0.05, 0) is 18.2 Å². The zero-order chi connectivity index (χ0) is 17.5. The summed E-state index contributed by atoms with van der Waals surface area (Å²) < 4.78 is 78.2. The van der Waals surface area contributed by atoms with Gasteiger partial charge in [0.2, 0.25) is 0 Å². The largest absolute Gasteiger partial charge is 0.405 e. The molecule has 1 aromatic heterocycles. The third kappa shape index (κ3) is 3.23. The number of hydrogen-bond donors (Lipinski definition) is 1. The maximum Gasteiger partial charge on any atom is 0.405 e. The number of piperazine rings is 1. The number of anilines is 1. The van der Waals surface area contributed by atoms with E-state index in [0.29, 0.717) is 0 Å². The molecule has 0 amide bonds. The molecule has 3 rings (SSSR count). The van der Waals surface area contributed by atoms with Gasteiger partial charge in [-0.25, -0.2) is 23.1 Å². The summed E-state index contributed by atoms with van der Waals surface area (Å²) in [6.07, 6.45) is -7.47. The Balaban J connectivity index is 2.08. The third-order valence-corrected chi connectivity index (χ3v) is 3.72. The lowest BCUT2D eigenvalue weighted by Crippen LogP contribution is -2.57. The molecular weight excluding hydrogens is 338 g/mol. The van der Waals surface area contributed by atoms with E-state index in [-0.39, 0.29) is 29.8 Å². The van der Waals surface area contributed by atoms with Crippen LogP contribution in [0, 0.1) is 5.82 Å². The number of fused-ring (bicyclic) bond motifs is 1. The molecule has 1 aliphatic heterocycles. The number of nitrogens with zero attached hydrogens (tertiary/aromatic N) is 3. The highest BCUT2D eigenvalue weighted by molar-refractivity contribution is 5.89. The Hall–Kier alpha value is -2.10. The fourth-order valence-corrected chi connectivity index (χ4v) is 2.60. The Morgan fingerprint density at radius 2 is 1.96 bits per heavy atom. The number of nitrogens with one attached hydrogen (secondary N) is 1. The SMILES string of the molecule is Fc1ccc2nc(C(F)F)nc(N3CCNC(C(F)(F)F)C3)c2c1. The van der Waals surface area contributed by atoms with E-state index in [4.69, 9.17) is 0 Å². The summed E-state index contributed by atoms with van der Waals surface area (Å²) in [4.78, 5) is 8.56. The highest BCUT2D eigenvalue weighted by Gasteiger charge is 2.42. The quantitative estimate of drug-likeness (QED) is 0.846. The normalized spacial score (nSPS) is 19.3. The van der Waals surface area contributed by atoms with E-state index in [9.17, 15) is 26.3 Å². The summed E-state index contributed by atoms with van der Waals surface area (Å²) in [6.45, 7) is -0.387. The summed E-state index contributed by atoms with van der Waals surface area (Å²) in [5.74, 6) is -1.57. The number of rotatable bonds is 2. The Morgan fingerprint density at radius 1 is 1.21 bits per heavy atom. The number of hydrogen-bond acceptors (Lipinski definition) is 4.